The van der Waals surface area contributed by atoms with Crippen LogP contribution in [-0.4, -0.2) is 16.0 Å². The second-order valence-corrected chi connectivity index (χ2v) is 3.94. The van der Waals surface area contributed by atoms with Gasteiger partial charge in [-0.05, 0) is 19.3 Å². The molecular formula is C10H17N3O. The molecule has 1 aromatic rings. The standard InChI is InChI=1S/C10H17N3O/c1-7(2)6-8(3)13-9-10(14)12-5-4-11-9/h4-5,7-8H,6H2,1-3H3,(H,11,13)(H,12,14). The lowest BCUT2D eigenvalue weighted by Gasteiger charge is -2.15. The van der Waals surface area contributed by atoms with Gasteiger partial charge in [0.2, 0.25) is 0 Å². The molecule has 0 spiro atoms. The Kier molecular flexibility index (Phi) is 3.68. The average Bonchev–Trinajstić information content (AvgIpc) is 2.07. The molecule has 14 heavy (non-hydrogen) atoms. The Morgan fingerprint density at radius 3 is 2.79 bits per heavy atom. The van der Waals surface area contributed by atoms with E-state index in [0.717, 1.165) is 6.42 Å². The maximum absolute atomic E-state index is 11.3. The number of nitrogens with zero attached hydrogens (tertiary/aromatic N) is 1. The summed E-state index contributed by atoms with van der Waals surface area (Å²) >= 11 is 0. The van der Waals surface area contributed by atoms with Crippen molar-refractivity contribution in [2.75, 3.05) is 5.32 Å². The molecule has 4 nitrogen and oxygen atoms in total. The van der Waals surface area contributed by atoms with Gasteiger partial charge in [0.1, 0.15) is 0 Å². The molecule has 0 fully saturated rings. The molecule has 4 heteroatoms. The first-order chi connectivity index (χ1) is 6.59. The van der Waals surface area contributed by atoms with Gasteiger partial charge in [0, 0.05) is 18.4 Å². The number of rotatable bonds is 4. The Morgan fingerprint density at radius 2 is 2.21 bits per heavy atom. The summed E-state index contributed by atoms with van der Waals surface area (Å²) < 4.78 is 0. The minimum Gasteiger partial charge on any atom is -0.363 e. The van der Waals surface area contributed by atoms with Gasteiger partial charge in [0.15, 0.2) is 5.82 Å². The lowest BCUT2D eigenvalue weighted by molar-refractivity contribution is 0.538. The maximum atomic E-state index is 11.3. The van der Waals surface area contributed by atoms with E-state index in [0.29, 0.717) is 11.7 Å². The van der Waals surface area contributed by atoms with Gasteiger partial charge in [-0.2, -0.15) is 0 Å². The third kappa shape index (κ3) is 3.20. The van der Waals surface area contributed by atoms with Crippen LogP contribution in [0, 0.1) is 5.92 Å². The number of aromatic amines is 1. The highest BCUT2D eigenvalue weighted by atomic mass is 16.1. The molecule has 0 saturated heterocycles. The molecule has 2 N–H and O–H groups in total. The summed E-state index contributed by atoms with van der Waals surface area (Å²) in [5, 5.41) is 3.09. The van der Waals surface area contributed by atoms with Gasteiger partial charge >= 0.3 is 0 Å². The summed E-state index contributed by atoms with van der Waals surface area (Å²) in [4.78, 5) is 17.8. The van der Waals surface area contributed by atoms with Crippen molar-refractivity contribution in [2.45, 2.75) is 33.2 Å². The van der Waals surface area contributed by atoms with E-state index in [1.54, 1.807) is 6.20 Å². The molecule has 1 unspecified atom stereocenters. The normalized spacial score (nSPS) is 12.9. The Balaban J connectivity index is 2.60. The average molecular weight is 195 g/mol. The van der Waals surface area contributed by atoms with Crippen molar-refractivity contribution >= 4 is 5.82 Å². The van der Waals surface area contributed by atoms with Crippen molar-refractivity contribution in [2.24, 2.45) is 5.92 Å². The maximum Gasteiger partial charge on any atom is 0.290 e. The van der Waals surface area contributed by atoms with Crippen LogP contribution in [0.2, 0.25) is 0 Å². The lowest BCUT2D eigenvalue weighted by atomic mass is 10.1. The Labute approximate surface area is 83.8 Å². The zero-order valence-corrected chi connectivity index (χ0v) is 8.87. The zero-order chi connectivity index (χ0) is 10.6. The monoisotopic (exact) mass is 195 g/mol. The molecule has 1 heterocycles. The van der Waals surface area contributed by atoms with Crippen LogP contribution in [0.1, 0.15) is 27.2 Å². The molecule has 0 aliphatic heterocycles. The number of hydrogen-bond donors (Lipinski definition) is 2. The molecular weight excluding hydrogens is 178 g/mol. The van der Waals surface area contributed by atoms with Crippen LogP contribution in [0.25, 0.3) is 0 Å². The Bertz CT molecular complexity index is 332. The van der Waals surface area contributed by atoms with E-state index < -0.39 is 0 Å². The highest BCUT2D eigenvalue weighted by molar-refractivity contribution is 5.31. The SMILES string of the molecule is CC(C)CC(C)Nc1ncc[nH]c1=O. The van der Waals surface area contributed by atoms with Crippen LogP contribution < -0.4 is 10.9 Å². The molecule has 1 aromatic heterocycles. The van der Waals surface area contributed by atoms with Crippen LogP contribution in [-0.2, 0) is 0 Å². The minimum atomic E-state index is -0.164. The van der Waals surface area contributed by atoms with Gasteiger partial charge in [-0.3, -0.25) is 4.79 Å². The number of aromatic nitrogens is 2. The Hall–Kier alpha value is -1.32. The summed E-state index contributed by atoms with van der Waals surface area (Å²) in [6.07, 6.45) is 4.13. The van der Waals surface area contributed by atoms with Gasteiger partial charge in [0.05, 0.1) is 0 Å². The van der Waals surface area contributed by atoms with Crippen LogP contribution in [0.15, 0.2) is 17.2 Å². The first kappa shape index (κ1) is 10.8. The zero-order valence-electron chi connectivity index (χ0n) is 8.87. The highest BCUT2D eigenvalue weighted by Gasteiger charge is 2.07. The minimum absolute atomic E-state index is 0.164. The number of hydrogen-bond acceptors (Lipinski definition) is 3. The number of anilines is 1. The first-order valence-electron chi connectivity index (χ1n) is 4.90. The van der Waals surface area contributed by atoms with Gasteiger partial charge in [-0.15, -0.1) is 0 Å². The molecule has 0 amide bonds. The van der Waals surface area contributed by atoms with E-state index in [4.69, 9.17) is 0 Å². The second-order valence-electron chi connectivity index (χ2n) is 3.94. The first-order valence-corrected chi connectivity index (χ1v) is 4.90. The molecule has 0 aliphatic rings. The largest absolute Gasteiger partial charge is 0.363 e. The van der Waals surface area contributed by atoms with Crippen molar-refractivity contribution < 1.29 is 0 Å². The predicted octanol–water partition coefficient (Wildman–Crippen LogP) is 1.62. The summed E-state index contributed by atoms with van der Waals surface area (Å²) in [6, 6.07) is 0.269. The molecule has 0 aromatic carbocycles. The predicted molar refractivity (Wildman–Crippen MR) is 57.4 cm³/mol. The molecule has 1 rings (SSSR count). The summed E-state index contributed by atoms with van der Waals surface area (Å²) in [5.74, 6) is 1.01. The topological polar surface area (TPSA) is 57.8 Å². The molecule has 0 aliphatic carbocycles. The third-order valence-electron chi connectivity index (χ3n) is 1.92. The van der Waals surface area contributed by atoms with Crippen LogP contribution >= 0.6 is 0 Å². The van der Waals surface area contributed by atoms with Crippen molar-refractivity contribution in [3.8, 4) is 0 Å². The fourth-order valence-electron chi connectivity index (χ4n) is 1.45. The van der Waals surface area contributed by atoms with Crippen LogP contribution in [0.5, 0.6) is 0 Å². The van der Waals surface area contributed by atoms with Crippen molar-refractivity contribution in [1.29, 1.82) is 0 Å². The highest BCUT2D eigenvalue weighted by Crippen LogP contribution is 2.07. The number of H-pyrrole nitrogens is 1. The molecule has 0 bridgehead atoms. The second kappa shape index (κ2) is 4.79. The van der Waals surface area contributed by atoms with Crippen molar-refractivity contribution in [3.63, 3.8) is 0 Å². The van der Waals surface area contributed by atoms with E-state index in [9.17, 15) is 4.79 Å². The van der Waals surface area contributed by atoms with Gasteiger partial charge in [-0.25, -0.2) is 4.98 Å². The van der Waals surface area contributed by atoms with Gasteiger partial charge < -0.3 is 10.3 Å². The third-order valence-corrected chi connectivity index (χ3v) is 1.92. The van der Waals surface area contributed by atoms with Gasteiger partial charge in [0.25, 0.3) is 5.56 Å². The van der Waals surface area contributed by atoms with E-state index in [2.05, 4.69) is 29.1 Å². The smallest absolute Gasteiger partial charge is 0.290 e. The molecule has 78 valence electrons. The molecule has 0 radical (unpaired) electrons. The lowest BCUT2D eigenvalue weighted by Crippen LogP contribution is -2.23. The van der Waals surface area contributed by atoms with E-state index in [1.165, 1.54) is 6.20 Å². The molecule has 1 atom stereocenters. The summed E-state index contributed by atoms with van der Waals surface area (Å²) in [5.41, 5.74) is -0.164. The quantitative estimate of drug-likeness (QED) is 0.767. The van der Waals surface area contributed by atoms with Gasteiger partial charge in [-0.1, -0.05) is 13.8 Å². The summed E-state index contributed by atoms with van der Waals surface area (Å²) in [6.45, 7) is 6.36. The van der Waals surface area contributed by atoms with Crippen molar-refractivity contribution in [1.82, 2.24) is 9.97 Å². The van der Waals surface area contributed by atoms with Crippen LogP contribution in [0.4, 0.5) is 5.82 Å². The fraction of sp³-hybridized carbons (Fsp3) is 0.600. The Morgan fingerprint density at radius 1 is 1.50 bits per heavy atom. The van der Waals surface area contributed by atoms with E-state index in [-0.39, 0.29) is 11.6 Å². The van der Waals surface area contributed by atoms with Crippen molar-refractivity contribution in [3.05, 3.63) is 22.7 Å². The summed E-state index contributed by atoms with van der Waals surface area (Å²) in [7, 11) is 0. The van der Waals surface area contributed by atoms with E-state index >= 15 is 0 Å². The number of nitrogens with one attached hydrogen (secondary N) is 2. The van der Waals surface area contributed by atoms with E-state index in [1.807, 2.05) is 6.92 Å². The van der Waals surface area contributed by atoms with Crippen LogP contribution in [0.3, 0.4) is 0 Å². The fourth-order valence-corrected chi connectivity index (χ4v) is 1.45. The molecule has 0 saturated carbocycles.